The van der Waals surface area contributed by atoms with E-state index in [0.717, 1.165) is 5.56 Å². The Morgan fingerprint density at radius 1 is 1.38 bits per heavy atom. The van der Waals surface area contributed by atoms with Crippen LogP contribution in [-0.2, 0) is 4.79 Å². The second kappa shape index (κ2) is 8.18. The Hall–Kier alpha value is -1.92. The van der Waals surface area contributed by atoms with Crippen LogP contribution in [0, 0.1) is 5.92 Å². The number of alkyl halides is 2. The van der Waals surface area contributed by atoms with E-state index in [1.807, 2.05) is 6.92 Å². The minimum Gasteiger partial charge on any atom is -0.481 e. The number of nitrogens with two attached hydrogens (primary N) is 1. The molecular weight excluding hydrogens is 340 g/mol. The third kappa shape index (κ3) is 5.29. The second-order valence-electron chi connectivity index (χ2n) is 7.81. The molecule has 0 bridgehead atoms. The number of hydrogen-bond acceptors (Lipinski definition) is 4. The minimum absolute atomic E-state index is 0.00545. The van der Waals surface area contributed by atoms with Crippen molar-refractivity contribution in [1.82, 2.24) is 4.98 Å². The van der Waals surface area contributed by atoms with Crippen molar-refractivity contribution in [3.05, 3.63) is 17.8 Å². The fourth-order valence-corrected chi connectivity index (χ4v) is 3.52. The quantitative estimate of drug-likeness (QED) is 0.750. The smallest absolute Gasteiger partial charge is 0.303 e. The van der Waals surface area contributed by atoms with Crippen molar-refractivity contribution in [3.8, 4) is 0 Å². The largest absolute Gasteiger partial charge is 0.481 e. The van der Waals surface area contributed by atoms with Crippen LogP contribution in [0.5, 0.6) is 0 Å². The minimum atomic E-state index is -2.57. The van der Waals surface area contributed by atoms with Gasteiger partial charge >= 0.3 is 5.97 Å². The van der Waals surface area contributed by atoms with Crippen LogP contribution in [0.25, 0.3) is 0 Å². The number of carboxylic acids is 1. The molecule has 0 amide bonds. The highest BCUT2D eigenvalue weighted by Crippen LogP contribution is 2.38. The number of aromatic nitrogens is 1. The first-order chi connectivity index (χ1) is 12.1. The van der Waals surface area contributed by atoms with Gasteiger partial charge in [0.05, 0.1) is 12.1 Å². The Balaban J connectivity index is 2.23. The van der Waals surface area contributed by atoms with Crippen molar-refractivity contribution in [1.29, 1.82) is 0 Å². The highest BCUT2D eigenvalue weighted by molar-refractivity contribution is 5.69. The summed E-state index contributed by atoms with van der Waals surface area (Å²) in [6, 6.07) is 1.76. The summed E-state index contributed by atoms with van der Waals surface area (Å²) < 4.78 is 27.0. The maximum atomic E-state index is 13.5. The number of carbonyl (C=O) groups is 1. The lowest BCUT2D eigenvalue weighted by Gasteiger charge is -2.39. The highest BCUT2D eigenvalue weighted by Gasteiger charge is 2.37. The van der Waals surface area contributed by atoms with Crippen LogP contribution >= 0.6 is 0 Å². The van der Waals surface area contributed by atoms with Crippen molar-refractivity contribution in [3.63, 3.8) is 0 Å². The third-order valence-corrected chi connectivity index (χ3v) is 4.93. The van der Waals surface area contributed by atoms with E-state index in [9.17, 15) is 13.6 Å². The molecule has 1 aliphatic carbocycles. The molecule has 1 aromatic heterocycles. The van der Waals surface area contributed by atoms with E-state index in [1.54, 1.807) is 12.3 Å². The van der Waals surface area contributed by atoms with E-state index < -0.39 is 11.9 Å². The molecule has 0 saturated heterocycles. The number of carboxylic acid groups (broad SMARTS) is 1. The van der Waals surface area contributed by atoms with Gasteiger partial charge in [0.25, 0.3) is 0 Å². The van der Waals surface area contributed by atoms with Gasteiger partial charge in [0.1, 0.15) is 0 Å². The lowest BCUT2D eigenvalue weighted by molar-refractivity contribution is -0.137. The zero-order valence-corrected chi connectivity index (χ0v) is 15.7. The number of aliphatic carboxylic acids is 1. The van der Waals surface area contributed by atoms with Gasteiger partial charge in [-0.05, 0) is 36.3 Å². The summed E-state index contributed by atoms with van der Waals surface area (Å²) in [7, 11) is 0. The fourth-order valence-electron chi connectivity index (χ4n) is 3.52. The van der Waals surface area contributed by atoms with Crippen LogP contribution < -0.4 is 10.6 Å². The topological polar surface area (TPSA) is 79.5 Å². The summed E-state index contributed by atoms with van der Waals surface area (Å²) in [6.07, 6.45) is 2.27. The van der Waals surface area contributed by atoms with Crippen LogP contribution in [0.4, 0.5) is 20.3 Å². The SMILES string of the molecule is CC(C)CN(c1ncc([C@H](C)CC(=O)O)cc1N)C1CCC(F)(F)CC1. The highest BCUT2D eigenvalue weighted by atomic mass is 19.3. The standard InChI is InChI=1S/C19H29F2N3O2/c1-12(2)11-24(15-4-6-19(20,21)7-5-15)18-16(22)9-14(10-23-18)13(3)8-17(25)26/h9-10,12-13,15H,4-8,11,22H2,1-3H3,(H,25,26)/t13-/m1/s1. The lowest BCUT2D eigenvalue weighted by atomic mass is 9.90. The van der Waals surface area contributed by atoms with Gasteiger partial charge in [-0.3, -0.25) is 4.79 Å². The maximum absolute atomic E-state index is 13.5. The molecule has 1 aromatic rings. The van der Waals surface area contributed by atoms with Crippen molar-refractivity contribution in [2.24, 2.45) is 5.92 Å². The molecule has 1 atom stereocenters. The number of nitrogens with zero attached hydrogens (tertiary/aromatic N) is 2. The molecular formula is C19H29F2N3O2. The van der Waals surface area contributed by atoms with E-state index in [-0.39, 0.29) is 31.2 Å². The summed E-state index contributed by atoms with van der Waals surface area (Å²) in [5.41, 5.74) is 7.47. The van der Waals surface area contributed by atoms with Crippen molar-refractivity contribution < 1.29 is 18.7 Å². The van der Waals surface area contributed by atoms with Crippen LogP contribution in [0.1, 0.15) is 64.4 Å². The van der Waals surface area contributed by atoms with Crippen molar-refractivity contribution >= 4 is 17.5 Å². The van der Waals surface area contributed by atoms with E-state index in [1.165, 1.54) is 0 Å². The molecule has 3 N–H and O–H groups in total. The fraction of sp³-hybridized carbons (Fsp3) is 0.684. The average molecular weight is 369 g/mol. The Kier molecular flexibility index (Phi) is 6.42. The third-order valence-electron chi connectivity index (χ3n) is 4.93. The van der Waals surface area contributed by atoms with Gasteiger partial charge in [0, 0.05) is 31.6 Å². The van der Waals surface area contributed by atoms with E-state index >= 15 is 0 Å². The monoisotopic (exact) mass is 369 g/mol. The molecule has 1 heterocycles. The molecule has 2 rings (SSSR count). The van der Waals surface area contributed by atoms with E-state index in [2.05, 4.69) is 23.7 Å². The van der Waals surface area contributed by atoms with Gasteiger partial charge in [0.15, 0.2) is 5.82 Å². The molecule has 0 aliphatic heterocycles. The van der Waals surface area contributed by atoms with Crippen LogP contribution in [-0.4, -0.2) is 34.6 Å². The number of halogens is 2. The molecule has 146 valence electrons. The molecule has 7 heteroatoms. The van der Waals surface area contributed by atoms with Crippen molar-refractivity contribution in [2.45, 2.75) is 70.8 Å². The summed E-state index contributed by atoms with van der Waals surface area (Å²) in [6.45, 7) is 6.66. The molecule has 0 aromatic carbocycles. The first kappa shape index (κ1) is 20.4. The molecule has 0 radical (unpaired) electrons. The predicted molar refractivity (Wildman–Crippen MR) is 98.7 cm³/mol. The van der Waals surface area contributed by atoms with Crippen LogP contribution in [0.3, 0.4) is 0 Å². The summed E-state index contributed by atoms with van der Waals surface area (Å²) in [5.74, 6) is -2.69. The van der Waals surface area contributed by atoms with Gasteiger partial charge in [-0.1, -0.05) is 20.8 Å². The Morgan fingerprint density at radius 2 is 2.00 bits per heavy atom. The zero-order chi connectivity index (χ0) is 19.5. The number of pyridine rings is 1. The maximum Gasteiger partial charge on any atom is 0.303 e. The summed E-state index contributed by atoms with van der Waals surface area (Å²) in [5, 5.41) is 8.95. The molecule has 26 heavy (non-hydrogen) atoms. The van der Waals surface area contributed by atoms with Gasteiger partial charge in [-0.2, -0.15) is 0 Å². The Bertz CT molecular complexity index is 627. The molecule has 1 aliphatic rings. The van der Waals surface area contributed by atoms with Gasteiger partial charge in [0.2, 0.25) is 5.92 Å². The number of hydrogen-bond donors (Lipinski definition) is 2. The number of anilines is 2. The number of rotatable bonds is 7. The van der Waals surface area contributed by atoms with Crippen LogP contribution in [0.15, 0.2) is 12.3 Å². The van der Waals surface area contributed by atoms with Gasteiger partial charge in [-0.15, -0.1) is 0 Å². The summed E-state index contributed by atoms with van der Waals surface area (Å²) >= 11 is 0. The van der Waals surface area contributed by atoms with E-state index in [0.29, 0.717) is 36.8 Å². The molecule has 5 nitrogen and oxygen atoms in total. The molecule has 0 spiro atoms. The first-order valence-electron chi connectivity index (χ1n) is 9.20. The predicted octanol–water partition coefficient (Wildman–Crippen LogP) is 4.28. The van der Waals surface area contributed by atoms with E-state index in [4.69, 9.17) is 10.8 Å². The zero-order valence-electron chi connectivity index (χ0n) is 15.7. The lowest BCUT2D eigenvalue weighted by Crippen LogP contribution is -2.43. The average Bonchev–Trinajstić information content (AvgIpc) is 2.52. The number of nitrogen functional groups attached to an aromatic ring is 1. The molecule has 0 unspecified atom stereocenters. The van der Waals surface area contributed by atoms with Crippen LogP contribution in [0.2, 0.25) is 0 Å². The summed E-state index contributed by atoms with van der Waals surface area (Å²) in [4.78, 5) is 17.5. The Morgan fingerprint density at radius 3 is 2.50 bits per heavy atom. The first-order valence-corrected chi connectivity index (χ1v) is 9.20. The van der Waals surface area contributed by atoms with Gasteiger partial charge in [-0.25, -0.2) is 13.8 Å². The second-order valence-corrected chi connectivity index (χ2v) is 7.81. The molecule has 1 fully saturated rings. The van der Waals surface area contributed by atoms with Crippen molar-refractivity contribution in [2.75, 3.05) is 17.2 Å². The molecule has 1 saturated carbocycles. The Labute approximate surface area is 153 Å². The normalized spacial score (nSPS) is 18.7. The van der Waals surface area contributed by atoms with Gasteiger partial charge < -0.3 is 15.7 Å².